The Morgan fingerprint density at radius 2 is 2.00 bits per heavy atom. The van der Waals surface area contributed by atoms with Gasteiger partial charge in [0.25, 0.3) is 5.91 Å². The van der Waals surface area contributed by atoms with Crippen LogP contribution >= 0.6 is 12.4 Å². The minimum Gasteiger partial charge on any atom is -0.493 e. The highest BCUT2D eigenvalue weighted by atomic mass is 35.5. The lowest BCUT2D eigenvalue weighted by molar-refractivity contribution is -0.133. The van der Waals surface area contributed by atoms with Gasteiger partial charge in [-0.2, -0.15) is 0 Å². The van der Waals surface area contributed by atoms with Crippen LogP contribution in [0.2, 0.25) is 0 Å². The first kappa shape index (κ1) is 16.6. The number of nitrogens with one attached hydrogen (secondary N) is 1. The Hall–Kier alpha value is -1.46. The third-order valence-corrected chi connectivity index (χ3v) is 3.11. The lowest BCUT2D eigenvalue weighted by Crippen LogP contribution is -2.37. The molecular weight excluding hydrogens is 280 g/mol. The molecule has 6 heteroatoms. The maximum absolute atomic E-state index is 12.1. The molecule has 20 heavy (non-hydrogen) atoms. The van der Waals surface area contributed by atoms with Gasteiger partial charge < -0.3 is 19.7 Å². The van der Waals surface area contributed by atoms with Crippen molar-refractivity contribution in [2.24, 2.45) is 0 Å². The fourth-order valence-electron chi connectivity index (χ4n) is 2.06. The standard InChI is InChI=1S/C14H20N2O3.ClH/c1-18-12-5-2-3-6-13(12)19-11-14(17)16-9-4-7-15-8-10-16;/h2-3,5-6,15H,4,7-11H2,1H3;1H. The fourth-order valence-corrected chi connectivity index (χ4v) is 2.06. The molecule has 1 saturated heterocycles. The van der Waals surface area contributed by atoms with Gasteiger partial charge in [-0.05, 0) is 25.1 Å². The number of carbonyl (C=O) groups excluding carboxylic acids is 1. The third-order valence-electron chi connectivity index (χ3n) is 3.11. The average Bonchev–Trinajstić information content (AvgIpc) is 2.74. The van der Waals surface area contributed by atoms with Crippen LogP contribution in [0.4, 0.5) is 0 Å². The topological polar surface area (TPSA) is 50.8 Å². The summed E-state index contributed by atoms with van der Waals surface area (Å²) in [6.45, 7) is 3.41. The maximum Gasteiger partial charge on any atom is 0.260 e. The SMILES string of the molecule is COc1ccccc1OCC(=O)N1CCCNCC1.Cl. The van der Waals surface area contributed by atoms with Crippen molar-refractivity contribution in [3.63, 3.8) is 0 Å². The monoisotopic (exact) mass is 300 g/mol. The smallest absolute Gasteiger partial charge is 0.260 e. The highest BCUT2D eigenvalue weighted by Crippen LogP contribution is 2.25. The summed E-state index contributed by atoms with van der Waals surface area (Å²) in [4.78, 5) is 13.9. The highest BCUT2D eigenvalue weighted by molar-refractivity contribution is 5.85. The Kier molecular flexibility index (Phi) is 7.18. The summed E-state index contributed by atoms with van der Waals surface area (Å²) in [5, 5.41) is 3.27. The van der Waals surface area contributed by atoms with E-state index in [-0.39, 0.29) is 24.9 Å². The molecule has 1 N–H and O–H groups in total. The van der Waals surface area contributed by atoms with Crippen LogP contribution in [-0.4, -0.2) is 50.7 Å². The number of rotatable bonds is 4. The number of ether oxygens (including phenoxy) is 2. The summed E-state index contributed by atoms with van der Waals surface area (Å²) in [5.74, 6) is 1.27. The number of hydrogen-bond donors (Lipinski definition) is 1. The quantitative estimate of drug-likeness (QED) is 0.911. The zero-order valence-corrected chi connectivity index (χ0v) is 12.4. The Balaban J connectivity index is 0.00000200. The summed E-state index contributed by atoms with van der Waals surface area (Å²) in [6.07, 6.45) is 0.987. The zero-order valence-electron chi connectivity index (χ0n) is 11.6. The fraction of sp³-hybridized carbons (Fsp3) is 0.500. The zero-order chi connectivity index (χ0) is 13.5. The first-order valence-electron chi connectivity index (χ1n) is 6.55. The summed E-state index contributed by atoms with van der Waals surface area (Å²) >= 11 is 0. The van der Waals surface area contributed by atoms with E-state index in [1.165, 1.54) is 0 Å². The van der Waals surface area contributed by atoms with E-state index in [9.17, 15) is 4.79 Å². The van der Waals surface area contributed by atoms with Crippen molar-refractivity contribution in [1.82, 2.24) is 10.2 Å². The van der Waals surface area contributed by atoms with Gasteiger partial charge in [0.1, 0.15) is 0 Å². The van der Waals surface area contributed by atoms with E-state index in [4.69, 9.17) is 9.47 Å². The predicted molar refractivity (Wildman–Crippen MR) is 79.8 cm³/mol. The molecular formula is C14H21ClN2O3. The lowest BCUT2D eigenvalue weighted by Gasteiger charge is -2.20. The van der Waals surface area contributed by atoms with E-state index < -0.39 is 0 Å². The predicted octanol–water partition coefficient (Wildman–Crippen LogP) is 1.32. The first-order chi connectivity index (χ1) is 9.31. The van der Waals surface area contributed by atoms with Crippen molar-refractivity contribution in [2.75, 3.05) is 39.9 Å². The van der Waals surface area contributed by atoms with Crippen LogP contribution in [0, 0.1) is 0 Å². The van der Waals surface area contributed by atoms with Crippen molar-refractivity contribution in [3.8, 4) is 11.5 Å². The van der Waals surface area contributed by atoms with E-state index in [1.54, 1.807) is 13.2 Å². The number of methoxy groups -OCH3 is 1. The Morgan fingerprint density at radius 3 is 2.75 bits per heavy atom. The summed E-state index contributed by atoms with van der Waals surface area (Å²) in [6, 6.07) is 7.35. The van der Waals surface area contributed by atoms with E-state index in [0.29, 0.717) is 11.5 Å². The van der Waals surface area contributed by atoms with Crippen molar-refractivity contribution in [1.29, 1.82) is 0 Å². The molecule has 1 amide bonds. The molecule has 0 atom stereocenters. The highest BCUT2D eigenvalue weighted by Gasteiger charge is 2.16. The van der Waals surface area contributed by atoms with Crippen molar-refractivity contribution < 1.29 is 14.3 Å². The van der Waals surface area contributed by atoms with Gasteiger partial charge in [-0.3, -0.25) is 4.79 Å². The summed E-state index contributed by atoms with van der Waals surface area (Å²) < 4.78 is 10.7. The summed E-state index contributed by atoms with van der Waals surface area (Å²) in [5.41, 5.74) is 0. The second-order valence-electron chi connectivity index (χ2n) is 4.42. The van der Waals surface area contributed by atoms with Crippen LogP contribution in [0.1, 0.15) is 6.42 Å². The van der Waals surface area contributed by atoms with Crippen LogP contribution in [0.3, 0.4) is 0 Å². The van der Waals surface area contributed by atoms with Crippen LogP contribution in [0.25, 0.3) is 0 Å². The third kappa shape index (κ3) is 4.58. The molecule has 1 aromatic carbocycles. The van der Waals surface area contributed by atoms with Gasteiger partial charge in [-0.15, -0.1) is 12.4 Å². The van der Waals surface area contributed by atoms with Gasteiger partial charge in [-0.25, -0.2) is 0 Å². The van der Waals surface area contributed by atoms with Crippen molar-refractivity contribution in [3.05, 3.63) is 24.3 Å². The number of nitrogens with zero attached hydrogens (tertiary/aromatic N) is 1. The molecule has 0 aromatic heterocycles. The average molecular weight is 301 g/mol. The van der Waals surface area contributed by atoms with Gasteiger partial charge in [0.15, 0.2) is 18.1 Å². The molecule has 2 rings (SSSR count). The largest absolute Gasteiger partial charge is 0.493 e. The molecule has 1 aliphatic heterocycles. The Labute approximate surface area is 125 Å². The number of hydrogen-bond acceptors (Lipinski definition) is 4. The van der Waals surface area contributed by atoms with Gasteiger partial charge >= 0.3 is 0 Å². The molecule has 0 bridgehead atoms. The minimum absolute atomic E-state index is 0. The number of amides is 1. The van der Waals surface area contributed by atoms with E-state index in [0.717, 1.165) is 32.6 Å². The Morgan fingerprint density at radius 1 is 1.25 bits per heavy atom. The van der Waals surface area contributed by atoms with Crippen molar-refractivity contribution >= 4 is 18.3 Å². The molecule has 1 heterocycles. The number of benzene rings is 1. The normalized spacial score (nSPS) is 14.9. The second-order valence-corrected chi connectivity index (χ2v) is 4.42. The second kappa shape index (κ2) is 8.66. The Bertz CT molecular complexity index is 421. The number of halogens is 1. The van der Waals surface area contributed by atoms with E-state index in [2.05, 4.69) is 5.32 Å². The molecule has 1 fully saturated rings. The molecule has 0 radical (unpaired) electrons. The molecule has 0 unspecified atom stereocenters. The van der Waals surface area contributed by atoms with Gasteiger partial charge in [-0.1, -0.05) is 12.1 Å². The maximum atomic E-state index is 12.1. The molecule has 0 spiro atoms. The number of carbonyl (C=O) groups is 1. The molecule has 1 aromatic rings. The van der Waals surface area contributed by atoms with Gasteiger partial charge in [0.2, 0.25) is 0 Å². The molecule has 0 aliphatic carbocycles. The lowest BCUT2D eigenvalue weighted by atomic mass is 10.3. The molecule has 1 aliphatic rings. The van der Waals surface area contributed by atoms with Crippen molar-refractivity contribution in [2.45, 2.75) is 6.42 Å². The molecule has 0 saturated carbocycles. The van der Waals surface area contributed by atoms with Gasteiger partial charge in [0.05, 0.1) is 7.11 Å². The van der Waals surface area contributed by atoms with Crippen LogP contribution in [-0.2, 0) is 4.79 Å². The summed E-state index contributed by atoms with van der Waals surface area (Å²) in [7, 11) is 1.59. The van der Waals surface area contributed by atoms with Crippen LogP contribution in [0.5, 0.6) is 11.5 Å². The first-order valence-corrected chi connectivity index (χ1v) is 6.55. The van der Waals surface area contributed by atoms with Gasteiger partial charge in [0, 0.05) is 19.6 Å². The van der Waals surface area contributed by atoms with Crippen LogP contribution < -0.4 is 14.8 Å². The van der Waals surface area contributed by atoms with E-state index in [1.807, 2.05) is 23.1 Å². The van der Waals surface area contributed by atoms with Crippen LogP contribution in [0.15, 0.2) is 24.3 Å². The molecule has 5 nitrogen and oxygen atoms in total. The molecule has 112 valence electrons. The van der Waals surface area contributed by atoms with E-state index >= 15 is 0 Å². The number of para-hydroxylation sites is 2. The minimum atomic E-state index is 0.